The summed E-state index contributed by atoms with van der Waals surface area (Å²) in [6, 6.07) is 5.98. The van der Waals surface area contributed by atoms with Crippen LogP contribution in [-0.4, -0.2) is 43.5 Å². The van der Waals surface area contributed by atoms with Crippen LogP contribution in [0.5, 0.6) is 5.75 Å². The van der Waals surface area contributed by atoms with Crippen molar-refractivity contribution in [3.05, 3.63) is 29.8 Å². The number of hydrogen-bond donors (Lipinski definition) is 0. The second kappa shape index (κ2) is 6.21. The molecule has 0 N–H and O–H groups in total. The molecule has 104 valence electrons. The normalized spacial score (nSPS) is 10.9. The first-order chi connectivity index (χ1) is 8.81. The summed E-state index contributed by atoms with van der Waals surface area (Å²) in [4.78, 5) is 22.4. The number of aldehydes is 1. The van der Waals surface area contributed by atoms with Crippen molar-refractivity contribution in [2.45, 2.75) is 6.18 Å². The summed E-state index contributed by atoms with van der Waals surface area (Å²) >= 11 is 0. The fraction of sp³-hybridized carbons (Fsp3) is 0.333. The average Bonchev–Trinajstić information content (AvgIpc) is 2.34. The molecular formula is C12H12F3NO3. The summed E-state index contributed by atoms with van der Waals surface area (Å²) in [7, 11) is 1.04. The molecular weight excluding hydrogens is 263 g/mol. The van der Waals surface area contributed by atoms with E-state index in [2.05, 4.69) is 0 Å². The van der Waals surface area contributed by atoms with Crippen LogP contribution in [0.15, 0.2) is 24.3 Å². The molecule has 0 aliphatic carbocycles. The van der Waals surface area contributed by atoms with Crippen LogP contribution in [0.25, 0.3) is 0 Å². The number of carbonyl (C=O) groups is 2. The van der Waals surface area contributed by atoms with E-state index in [1.165, 1.54) is 18.2 Å². The van der Waals surface area contributed by atoms with Gasteiger partial charge in [-0.15, -0.1) is 0 Å². The first-order valence-corrected chi connectivity index (χ1v) is 5.30. The van der Waals surface area contributed by atoms with Crippen LogP contribution >= 0.6 is 0 Å². The number of amides is 1. The van der Waals surface area contributed by atoms with E-state index in [0.29, 0.717) is 16.7 Å². The third kappa shape index (κ3) is 5.41. The minimum Gasteiger partial charge on any atom is -0.484 e. The highest BCUT2D eigenvalue weighted by atomic mass is 19.4. The SMILES string of the molecule is CN(CC(F)(F)F)C(=O)COc1cccc(C=O)c1. The average molecular weight is 275 g/mol. The Morgan fingerprint density at radius 1 is 1.42 bits per heavy atom. The Morgan fingerprint density at radius 2 is 2.11 bits per heavy atom. The summed E-state index contributed by atoms with van der Waals surface area (Å²) in [5, 5.41) is 0. The number of alkyl halides is 3. The number of likely N-dealkylation sites (N-methyl/N-ethyl adjacent to an activating group) is 1. The van der Waals surface area contributed by atoms with Crippen molar-refractivity contribution in [3.63, 3.8) is 0 Å². The van der Waals surface area contributed by atoms with Crippen LogP contribution in [0.3, 0.4) is 0 Å². The van der Waals surface area contributed by atoms with E-state index in [4.69, 9.17) is 4.74 Å². The first-order valence-electron chi connectivity index (χ1n) is 5.30. The molecule has 19 heavy (non-hydrogen) atoms. The van der Waals surface area contributed by atoms with Crippen molar-refractivity contribution in [1.82, 2.24) is 4.90 Å². The maximum atomic E-state index is 12.1. The predicted octanol–water partition coefficient (Wildman–Crippen LogP) is 1.90. The molecule has 0 aliphatic rings. The molecule has 0 fully saturated rings. The maximum absolute atomic E-state index is 12.1. The number of nitrogens with zero attached hydrogens (tertiary/aromatic N) is 1. The van der Waals surface area contributed by atoms with Gasteiger partial charge < -0.3 is 9.64 Å². The smallest absolute Gasteiger partial charge is 0.406 e. The Balaban J connectivity index is 2.51. The fourth-order valence-corrected chi connectivity index (χ4v) is 1.29. The van der Waals surface area contributed by atoms with Crippen LogP contribution in [0.2, 0.25) is 0 Å². The monoisotopic (exact) mass is 275 g/mol. The van der Waals surface area contributed by atoms with Crippen molar-refractivity contribution in [1.29, 1.82) is 0 Å². The van der Waals surface area contributed by atoms with Gasteiger partial charge in [0, 0.05) is 12.6 Å². The molecule has 0 aromatic heterocycles. The van der Waals surface area contributed by atoms with Gasteiger partial charge in [-0.2, -0.15) is 13.2 Å². The number of hydrogen-bond acceptors (Lipinski definition) is 3. The zero-order valence-corrected chi connectivity index (χ0v) is 10.1. The molecule has 1 rings (SSSR count). The molecule has 0 bridgehead atoms. The molecule has 1 aromatic rings. The van der Waals surface area contributed by atoms with Crippen molar-refractivity contribution < 1.29 is 27.5 Å². The lowest BCUT2D eigenvalue weighted by atomic mass is 10.2. The molecule has 1 aromatic carbocycles. The Hall–Kier alpha value is -2.05. The van der Waals surface area contributed by atoms with Gasteiger partial charge in [0.25, 0.3) is 5.91 Å². The lowest BCUT2D eigenvalue weighted by molar-refractivity contribution is -0.159. The van der Waals surface area contributed by atoms with Crippen LogP contribution in [-0.2, 0) is 4.79 Å². The zero-order chi connectivity index (χ0) is 14.5. The molecule has 0 aliphatic heterocycles. The van der Waals surface area contributed by atoms with Gasteiger partial charge in [-0.3, -0.25) is 9.59 Å². The maximum Gasteiger partial charge on any atom is 0.406 e. The largest absolute Gasteiger partial charge is 0.484 e. The molecule has 0 saturated carbocycles. The van der Waals surface area contributed by atoms with Gasteiger partial charge in [0.05, 0.1) is 0 Å². The van der Waals surface area contributed by atoms with E-state index in [0.717, 1.165) is 7.05 Å². The topological polar surface area (TPSA) is 46.6 Å². The minimum atomic E-state index is -4.44. The van der Waals surface area contributed by atoms with Gasteiger partial charge in [0.15, 0.2) is 6.61 Å². The number of rotatable bonds is 5. The Kier molecular flexibility index (Phi) is 4.91. The Morgan fingerprint density at radius 3 is 2.68 bits per heavy atom. The van der Waals surface area contributed by atoms with E-state index in [-0.39, 0.29) is 5.75 Å². The molecule has 1 amide bonds. The highest BCUT2D eigenvalue weighted by Gasteiger charge is 2.31. The summed E-state index contributed by atoms with van der Waals surface area (Å²) in [5.74, 6) is -0.549. The van der Waals surface area contributed by atoms with Gasteiger partial charge in [0.1, 0.15) is 18.6 Å². The highest BCUT2D eigenvalue weighted by molar-refractivity contribution is 5.78. The number of carbonyl (C=O) groups excluding carboxylic acids is 2. The molecule has 0 saturated heterocycles. The molecule has 0 radical (unpaired) electrons. The third-order valence-corrected chi connectivity index (χ3v) is 2.20. The summed E-state index contributed by atoms with van der Waals surface area (Å²) in [6.07, 6.45) is -3.84. The van der Waals surface area contributed by atoms with Crippen molar-refractivity contribution in [2.75, 3.05) is 20.2 Å². The van der Waals surface area contributed by atoms with E-state index in [9.17, 15) is 22.8 Å². The Bertz CT molecular complexity index is 460. The lowest BCUT2D eigenvalue weighted by Gasteiger charge is -2.19. The highest BCUT2D eigenvalue weighted by Crippen LogP contribution is 2.16. The van der Waals surface area contributed by atoms with Gasteiger partial charge >= 0.3 is 6.18 Å². The number of benzene rings is 1. The van der Waals surface area contributed by atoms with Crippen molar-refractivity contribution >= 4 is 12.2 Å². The van der Waals surface area contributed by atoms with E-state index in [1.807, 2.05) is 0 Å². The van der Waals surface area contributed by atoms with Crippen molar-refractivity contribution in [3.8, 4) is 5.75 Å². The Labute approximate surface area is 107 Å². The molecule has 0 unspecified atom stereocenters. The third-order valence-electron chi connectivity index (χ3n) is 2.20. The van der Waals surface area contributed by atoms with Crippen molar-refractivity contribution in [2.24, 2.45) is 0 Å². The number of halogens is 3. The van der Waals surface area contributed by atoms with Crippen LogP contribution in [0.1, 0.15) is 10.4 Å². The zero-order valence-electron chi connectivity index (χ0n) is 10.1. The first kappa shape index (κ1) is 15.0. The second-order valence-electron chi connectivity index (χ2n) is 3.84. The van der Waals surface area contributed by atoms with Crippen LogP contribution < -0.4 is 4.74 Å². The van der Waals surface area contributed by atoms with E-state index >= 15 is 0 Å². The molecule has 0 atom stereocenters. The summed E-state index contributed by atoms with van der Waals surface area (Å²) in [6.45, 7) is -1.85. The standard InChI is InChI=1S/C12H12F3NO3/c1-16(8-12(13,14)15)11(18)7-19-10-4-2-3-9(5-10)6-17/h2-6H,7-8H2,1H3. The molecule has 4 nitrogen and oxygen atoms in total. The predicted molar refractivity (Wildman–Crippen MR) is 61.0 cm³/mol. The van der Waals surface area contributed by atoms with Gasteiger partial charge in [-0.1, -0.05) is 12.1 Å². The van der Waals surface area contributed by atoms with Gasteiger partial charge in [-0.05, 0) is 12.1 Å². The molecule has 7 heteroatoms. The minimum absolute atomic E-state index is 0.248. The van der Waals surface area contributed by atoms with E-state index in [1.54, 1.807) is 6.07 Å². The van der Waals surface area contributed by atoms with Gasteiger partial charge in [0.2, 0.25) is 0 Å². The van der Waals surface area contributed by atoms with Gasteiger partial charge in [-0.25, -0.2) is 0 Å². The summed E-state index contributed by atoms with van der Waals surface area (Å²) < 4.78 is 41.2. The summed E-state index contributed by atoms with van der Waals surface area (Å²) in [5.41, 5.74) is 0.355. The number of ether oxygens (including phenoxy) is 1. The lowest BCUT2D eigenvalue weighted by Crippen LogP contribution is -2.38. The fourth-order valence-electron chi connectivity index (χ4n) is 1.29. The van der Waals surface area contributed by atoms with Crippen LogP contribution in [0.4, 0.5) is 13.2 Å². The molecule has 0 spiro atoms. The molecule has 0 heterocycles. The van der Waals surface area contributed by atoms with Crippen LogP contribution in [0, 0.1) is 0 Å². The quantitative estimate of drug-likeness (QED) is 0.771. The second-order valence-corrected chi connectivity index (χ2v) is 3.84. The van der Waals surface area contributed by atoms with E-state index < -0.39 is 25.2 Å².